The number of hydrogen-bond acceptors (Lipinski definition) is 6. The standard InChI is InChI=1S/C15H24N4O4S/c1-15(2,3)23-14(20)19-9-7-18(8-10-19)13-6-5-12(11-16-13)17-24(4,21)22/h5-6,11,17H,7-10H2,1-4H3. The van der Waals surface area contributed by atoms with Crippen molar-refractivity contribution in [3.8, 4) is 0 Å². The molecule has 0 saturated carbocycles. The maximum absolute atomic E-state index is 12.0. The van der Waals surface area contributed by atoms with Crippen molar-refractivity contribution in [3.63, 3.8) is 0 Å². The van der Waals surface area contributed by atoms with E-state index in [9.17, 15) is 13.2 Å². The van der Waals surface area contributed by atoms with E-state index in [2.05, 4.69) is 9.71 Å². The summed E-state index contributed by atoms with van der Waals surface area (Å²) < 4.78 is 30.1. The lowest BCUT2D eigenvalue weighted by Gasteiger charge is -2.36. The molecule has 1 aliphatic rings. The predicted octanol–water partition coefficient (Wildman–Crippen LogP) is 1.51. The number of nitrogens with zero attached hydrogens (tertiary/aromatic N) is 3. The molecule has 1 amide bonds. The van der Waals surface area contributed by atoms with Crippen LogP contribution >= 0.6 is 0 Å². The van der Waals surface area contributed by atoms with Crippen LogP contribution in [0.5, 0.6) is 0 Å². The van der Waals surface area contributed by atoms with Gasteiger partial charge in [-0.2, -0.15) is 0 Å². The summed E-state index contributed by atoms with van der Waals surface area (Å²) in [7, 11) is -3.31. The highest BCUT2D eigenvalue weighted by atomic mass is 32.2. The fourth-order valence-electron chi connectivity index (χ4n) is 2.29. The maximum atomic E-state index is 12.0. The molecule has 1 fully saturated rings. The first kappa shape index (κ1) is 18.3. The Kier molecular flexibility index (Phi) is 5.22. The number of hydrogen-bond donors (Lipinski definition) is 1. The van der Waals surface area contributed by atoms with Crippen LogP contribution in [0.15, 0.2) is 18.3 Å². The fraction of sp³-hybridized carbons (Fsp3) is 0.600. The lowest BCUT2D eigenvalue weighted by molar-refractivity contribution is 0.0240. The quantitative estimate of drug-likeness (QED) is 0.883. The van der Waals surface area contributed by atoms with Crippen molar-refractivity contribution < 1.29 is 17.9 Å². The number of carbonyl (C=O) groups is 1. The van der Waals surface area contributed by atoms with Crippen LogP contribution in [0.25, 0.3) is 0 Å². The van der Waals surface area contributed by atoms with Crippen LogP contribution in [-0.4, -0.2) is 62.4 Å². The molecule has 1 aromatic heterocycles. The van der Waals surface area contributed by atoms with Gasteiger partial charge in [0, 0.05) is 26.2 Å². The molecule has 0 atom stereocenters. The molecule has 1 aromatic rings. The minimum atomic E-state index is -3.31. The normalized spacial score (nSPS) is 16.0. The van der Waals surface area contributed by atoms with Gasteiger partial charge in [0.15, 0.2) is 0 Å². The summed E-state index contributed by atoms with van der Waals surface area (Å²) in [4.78, 5) is 20.0. The SMILES string of the molecule is CC(C)(C)OC(=O)N1CCN(c2ccc(NS(C)(=O)=O)cn2)CC1. The first-order chi connectivity index (χ1) is 11.0. The van der Waals surface area contributed by atoms with Crippen LogP contribution in [-0.2, 0) is 14.8 Å². The Labute approximate surface area is 142 Å². The third-order valence-corrected chi connectivity index (χ3v) is 3.91. The second-order valence-electron chi connectivity index (χ2n) is 6.73. The summed E-state index contributed by atoms with van der Waals surface area (Å²) in [6.07, 6.45) is 2.27. The zero-order valence-corrected chi connectivity index (χ0v) is 15.3. The molecular formula is C15H24N4O4S. The molecule has 1 aliphatic heterocycles. The number of carbonyl (C=O) groups excluding carboxylic acids is 1. The summed E-state index contributed by atoms with van der Waals surface area (Å²) in [5.74, 6) is 0.748. The molecule has 0 radical (unpaired) electrons. The molecule has 0 aromatic carbocycles. The average Bonchev–Trinajstić information content (AvgIpc) is 2.45. The van der Waals surface area contributed by atoms with Gasteiger partial charge in [0.25, 0.3) is 0 Å². The second kappa shape index (κ2) is 6.84. The number of ether oxygens (including phenoxy) is 1. The minimum absolute atomic E-state index is 0.303. The first-order valence-corrected chi connectivity index (χ1v) is 9.59. The van der Waals surface area contributed by atoms with E-state index < -0.39 is 15.6 Å². The van der Waals surface area contributed by atoms with Gasteiger partial charge in [-0.15, -0.1) is 0 Å². The zero-order valence-electron chi connectivity index (χ0n) is 14.4. The molecule has 2 heterocycles. The van der Waals surface area contributed by atoms with Crippen LogP contribution < -0.4 is 9.62 Å². The molecule has 0 bridgehead atoms. The van der Waals surface area contributed by atoms with Gasteiger partial charge in [0.1, 0.15) is 11.4 Å². The number of sulfonamides is 1. The second-order valence-corrected chi connectivity index (χ2v) is 8.48. The molecule has 1 N–H and O–H groups in total. The lowest BCUT2D eigenvalue weighted by Crippen LogP contribution is -2.50. The Balaban J connectivity index is 1.91. The Morgan fingerprint density at radius 3 is 2.29 bits per heavy atom. The smallest absolute Gasteiger partial charge is 0.410 e. The number of pyridine rings is 1. The van der Waals surface area contributed by atoms with E-state index in [1.54, 1.807) is 17.0 Å². The van der Waals surface area contributed by atoms with Gasteiger partial charge in [-0.05, 0) is 32.9 Å². The van der Waals surface area contributed by atoms with E-state index in [0.29, 0.717) is 31.9 Å². The zero-order chi connectivity index (χ0) is 18.0. The molecule has 134 valence electrons. The number of piperazine rings is 1. The molecule has 0 spiro atoms. The molecule has 8 nitrogen and oxygen atoms in total. The van der Waals surface area contributed by atoms with Gasteiger partial charge in [-0.3, -0.25) is 4.72 Å². The molecule has 0 unspecified atom stereocenters. The molecular weight excluding hydrogens is 332 g/mol. The first-order valence-electron chi connectivity index (χ1n) is 7.70. The largest absolute Gasteiger partial charge is 0.444 e. The maximum Gasteiger partial charge on any atom is 0.410 e. The van der Waals surface area contributed by atoms with Crippen LogP contribution in [0.2, 0.25) is 0 Å². The number of anilines is 2. The fourth-order valence-corrected chi connectivity index (χ4v) is 2.84. The van der Waals surface area contributed by atoms with E-state index in [1.807, 2.05) is 25.7 Å². The van der Waals surface area contributed by atoms with Gasteiger partial charge in [-0.25, -0.2) is 18.2 Å². The molecule has 0 aliphatic carbocycles. The van der Waals surface area contributed by atoms with Crippen molar-refractivity contribution in [1.82, 2.24) is 9.88 Å². The Morgan fingerprint density at radius 2 is 1.83 bits per heavy atom. The van der Waals surface area contributed by atoms with E-state index in [1.165, 1.54) is 6.20 Å². The van der Waals surface area contributed by atoms with Crippen LogP contribution in [0.4, 0.5) is 16.3 Å². The highest BCUT2D eigenvalue weighted by molar-refractivity contribution is 7.92. The van der Waals surface area contributed by atoms with Crippen molar-refractivity contribution in [1.29, 1.82) is 0 Å². The van der Waals surface area contributed by atoms with Gasteiger partial charge in [-0.1, -0.05) is 0 Å². The Morgan fingerprint density at radius 1 is 1.21 bits per heavy atom. The van der Waals surface area contributed by atoms with E-state index in [-0.39, 0.29) is 6.09 Å². The minimum Gasteiger partial charge on any atom is -0.444 e. The van der Waals surface area contributed by atoms with Gasteiger partial charge in [0.05, 0.1) is 18.1 Å². The summed E-state index contributed by atoms with van der Waals surface area (Å²) in [6, 6.07) is 3.43. The number of aromatic nitrogens is 1. The third kappa shape index (κ3) is 5.55. The number of rotatable bonds is 3. The van der Waals surface area contributed by atoms with E-state index >= 15 is 0 Å². The lowest BCUT2D eigenvalue weighted by atomic mass is 10.2. The predicted molar refractivity (Wildman–Crippen MR) is 92.7 cm³/mol. The highest BCUT2D eigenvalue weighted by Gasteiger charge is 2.26. The van der Waals surface area contributed by atoms with E-state index in [0.717, 1.165) is 12.1 Å². The molecule has 1 saturated heterocycles. The van der Waals surface area contributed by atoms with Crippen molar-refractivity contribution in [3.05, 3.63) is 18.3 Å². The van der Waals surface area contributed by atoms with Crippen LogP contribution in [0.1, 0.15) is 20.8 Å². The van der Waals surface area contributed by atoms with Crippen molar-refractivity contribution >= 4 is 27.6 Å². The summed E-state index contributed by atoms with van der Waals surface area (Å²) >= 11 is 0. The average molecular weight is 356 g/mol. The molecule has 2 rings (SSSR count). The van der Waals surface area contributed by atoms with Crippen LogP contribution in [0.3, 0.4) is 0 Å². The van der Waals surface area contributed by atoms with E-state index in [4.69, 9.17) is 4.74 Å². The summed E-state index contributed by atoms with van der Waals surface area (Å²) in [5.41, 5.74) is -0.0771. The van der Waals surface area contributed by atoms with Gasteiger partial charge < -0.3 is 14.5 Å². The number of nitrogens with one attached hydrogen (secondary N) is 1. The van der Waals surface area contributed by atoms with Crippen molar-refractivity contribution in [2.24, 2.45) is 0 Å². The van der Waals surface area contributed by atoms with Crippen LogP contribution in [0, 0.1) is 0 Å². The Bertz CT molecular complexity index is 674. The van der Waals surface area contributed by atoms with Crippen molar-refractivity contribution in [2.75, 3.05) is 42.1 Å². The number of amides is 1. The molecule has 9 heteroatoms. The van der Waals surface area contributed by atoms with Crippen molar-refractivity contribution in [2.45, 2.75) is 26.4 Å². The summed E-state index contributed by atoms with van der Waals surface area (Å²) in [6.45, 7) is 7.93. The monoisotopic (exact) mass is 356 g/mol. The summed E-state index contributed by atoms with van der Waals surface area (Å²) in [5, 5.41) is 0. The van der Waals surface area contributed by atoms with Gasteiger partial charge >= 0.3 is 6.09 Å². The van der Waals surface area contributed by atoms with Gasteiger partial charge in [0.2, 0.25) is 10.0 Å². The Hall–Kier alpha value is -2.03. The highest BCUT2D eigenvalue weighted by Crippen LogP contribution is 2.18. The topological polar surface area (TPSA) is 91.8 Å². The molecule has 24 heavy (non-hydrogen) atoms. The third-order valence-electron chi connectivity index (χ3n) is 3.31.